The maximum Gasteiger partial charge on any atom is 0.232 e. The minimum absolute atomic E-state index is 0.262. The summed E-state index contributed by atoms with van der Waals surface area (Å²) >= 11 is 0. The van der Waals surface area contributed by atoms with Gasteiger partial charge in [-0.3, -0.25) is 0 Å². The van der Waals surface area contributed by atoms with Gasteiger partial charge in [0.2, 0.25) is 6.61 Å². The van der Waals surface area contributed by atoms with Crippen LogP contribution in [0.3, 0.4) is 0 Å². The minimum atomic E-state index is 0.262. The van der Waals surface area contributed by atoms with Gasteiger partial charge in [-0.2, -0.15) is 4.74 Å². The highest BCUT2D eigenvalue weighted by atomic mass is 16.5. The fourth-order valence-electron chi connectivity index (χ4n) is 5.12. The second kappa shape index (κ2) is 3.64. The Labute approximate surface area is 100 Å². The van der Waals surface area contributed by atoms with E-state index in [0.29, 0.717) is 10.8 Å². The van der Waals surface area contributed by atoms with Gasteiger partial charge in [-0.25, -0.2) is 0 Å². The first-order valence-corrected chi connectivity index (χ1v) is 6.34. The van der Waals surface area contributed by atoms with Crippen LogP contribution in [0.15, 0.2) is 0 Å². The molecule has 0 aromatic carbocycles. The van der Waals surface area contributed by atoms with Gasteiger partial charge in [0.05, 0.1) is 7.11 Å². The molecule has 0 aromatic heterocycles. The largest absolute Gasteiger partial charge is 0.305 e. The van der Waals surface area contributed by atoms with Crippen molar-refractivity contribution in [1.82, 2.24) is 4.90 Å². The van der Waals surface area contributed by atoms with Crippen molar-refractivity contribution in [3.63, 3.8) is 0 Å². The van der Waals surface area contributed by atoms with E-state index in [-0.39, 0.29) is 5.41 Å². The number of hydrogen-bond donors (Lipinski definition) is 0. The Kier molecular flexibility index (Phi) is 2.79. The molecule has 2 nitrogen and oxygen atoms in total. The van der Waals surface area contributed by atoms with Crippen LogP contribution in [0, 0.1) is 22.9 Å². The lowest BCUT2D eigenvalue weighted by Crippen LogP contribution is -2.56. The van der Waals surface area contributed by atoms with Crippen LogP contribution >= 0.6 is 0 Å². The third-order valence-corrected chi connectivity index (χ3v) is 4.22. The number of ether oxygens (including phenoxy) is 1. The molecule has 0 N–H and O–H groups in total. The lowest BCUT2D eigenvalue weighted by molar-refractivity contribution is -0.0845. The molecule has 1 saturated heterocycles. The lowest BCUT2D eigenvalue weighted by atomic mass is 9.53. The number of nitrogens with zero attached hydrogens (tertiary/aromatic N) is 1. The molecule has 0 radical (unpaired) electrons. The van der Waals surface area contributed by atoms with Crippen molar-refractivity contribution in [3.05, 3.63) is 6.61 Å². The Morgan fingerprint density at radius 3 is 1.94 bits per heavy atom. The molecule has 92 valence electrons. The third-order valence-electron chi connectivity index (χ3n) is 4.22. The van der Waals surface area contributed by atoms with Gasteiger partial charge in [0.25, 0.3) is 0 Å². The summed E-state index contributed by atoms with van der Waals surface area (Å²) in [5.74, 6) is 0. The van der Waals surface area contributed by atoms with Gasteiger partial charge < -0.3 is 4.90 Å². The molecule has 1 aliphatic carbocycles. The Bertz CT molecular complexity index is 254. The molecule has 0 aromatic rings. The summed E-state index contributed by atoms with van der Waals surface area (Å²) in [6.45, 7) is 11.8. The molecule has 2 rings (SSSR count). The predicted molar refractivity (Wildman–Crippen MR) is 67.0 cm³/mol. The second-order valence-electron chi connectivity index (χ2n) is 7.33. The molecule has 2 bridgehead atoms. The van der Waals surface area contributed by atoms with E-state index in [4.69, 9.17) is 4.74 Å². The smallest absolute Gasteiger partial charge is 0.232 e. The van der Waals surface area contributed by atoms with E-state index in [1.807, 2.05) is 0 Å². The van der Waals surface area contributed by atoms with Crippen LogP contribution in [0.5, 0.6) is 0 Å². The third kappa shape index (κ3) is 2.23. The van der Waals surface area contributed by atoms with Crippen LogP contribution < -0.4 is 0 Å². The zero-order chi connectivity index (χ0) is 12.0. The Balaban J connectivity index is 2.22. The first-order chi connectivity index (χ1) is 7.28. The van der Waals surface area contributed by atoms with Gasteiger partial charge in [0.1, 0.15) is 5.41 Å². The van der Waals surface area contributed by atoms with Crippen molar-refractivity contribution >= 4 is 0 Å². The van der Waals surface area contributed by atoms with Crippen molar-refractivity contribution in [1.29, 1.82) is 0 Å². The van der Waals surface area contributed by atoms with Crippen molar-refractivity contribution < 1.29 is 4.74 Å². The Morgan fingerprint density at radius 2 is 1.50 bits per heavy atom. The number of fused-ring (bicyclic) bond motifs is 2. The summed E-state index contributed by atoms with van der Waals surface area (Å²) in [6.07, 6.45) is 3.89. The molecule has 2 heteroatoms. The summed E-state index contributed by atoms with van der Waals surface area (Å²) in [5.41, 5.74) is 1.19. The number of likely N-dealkylation sites (tertiary alicyclic amines) is 1. The highest BCUT2D eigenvalue weighted by Gasteiger charge is 2.56. The van der Waals surface area contributed by atoms with E-state index < -0.39 is 0 Å². The van der Waals surface area contributed by atoms with Crippen LogP contribution in [0.1, 0.15) is 40.0 Å². The molecule has 16 heavy (non-hydrogen) atoms. The molecular weight excluding hydrogens is 198 g/mol. The van der Waals surface area contributed by atoms with Crippen LogP contribution in [-0.2, 0) is 4.74 Å². The molecule has 2 fully saturated rings. The van der Waals surface area contributed by atoms with Crippen LogP contribution in [0.4, 0.5) is 0 Å². The van der Waals surface area contributed by atoms with E-state index in [1.54, 1.807) is 7.11 Å². The van der Waals surface area contributed by atoms with E-state index in [9.17, 15) is 0 Å². The molecule has 2 atom stereocenters. The van der Waals surface area contributed by atoms with Gasteiger partial charge in [0.15, 0.2) is 0 Å². The summed E-state index contributed by atoms with van der Waals surface area (Å²) in [6, 6.07) is 0. The van der Waals surface area contributed by atoms with Crippen molar-refractivity contribution in [2.24, 2.45) is 16.2 Å². The quantitative estimate of drug-likeness (QED) is 0.669. The Hall–Kier alpha value is -0.210. The molecule has 1 aliphatic heterocycles. The molecular formula is C14H26NO+. The highest BCUT2D eigenvalue weighted by Crippen LogP contribution is 2.57. The first kappa shape index (κ1) is 12.3. The number of piperidine rings is 1. The van der Waals surface area contributed by atoms with Crippen LogP contribution in [-0.4, -0.2) is 32.1 Å². The van der Waals surface area contributed by atoms with Crippen molar-refractivity contribution in [3.8, 4) is 0 Å². The number of hydrogen-bond acceptors (Lipinski definition) is 2. The normalized spacial score (nSPS) is 49.1. The fraction of sp³-hybridized carbons (Fsp3) is 0.929. The van der Waals surface area contributed by atoms with E-state index in [2.05, 4.69) is 39.3 Å². The molecule has 2 unspecified atom stereocenters. The molecule has 0 amide bonds. The van der Waals surface area contributed by atoms with E-state index >= 15 is 0 Å². The van der Waals surface area contributed by atoms with Gasteiger partial charge in [-0.15, -0.1) is 0 Å². The maximum absolute atomic E-state index is 5.33. The lowest BCUT2D eigenvalue weighted by Gasteiger charge is -2.55. The minimum Gasteiger partial charge on any atom is -0.305 e. The van der Waals surface area contributed by atoms with E-state index in [1.165, 1.54) is 32.4 Å². The van der Waals surface area contributed by atoms with Gasteiger partial charge >= 0.3 is 0 Å². The standard InChI is InChI=1S/C14H26NO/c1-12-6-13(2,10-15(4)9-12)8-14(3,7-12)11-16-5/h11H,6-10H2,1-5H3/q+1. The number of rotatable bonds is 2. The zero-order valence-electron chi connectivity index (χ0n) is 11.5. The summed E-state index contributed by atoms with van der Waals surface area (Å²) in [4.78, 5) is 2.51. The van der Waals surface area contributed by atoms with Gasteiger partial charge in [-0.1, -0.05) is 13.8 Å². The summed E-state index contributed by atoms with van der Waals surface area (Å²) in [7, 11) is 4.05. The fourth-order valence-corrected chi connectivity index (χ4v) is 5.12. The molecule has 0 spiro atoms. The SMILES string of the molecule is CO[CH+]C1(C)CC2(C)CN(C)CC(C)(C1)C2. The van der Waals surface area contributed by atoms with Crippen molar-refractivity contribution in [2.45, 2.75) is 40.0 Å². The van der Waals surface area contributed by atoms with Crippen molar-refractivity contribution in [2.75, 3.05) is 27.2 Å². The summed E-state index contributed by atoms with van der Waals surface area (Å²) in [5, 5.41) is 0. The predicted octanol–water partition coefficient (Wildman–Crippen LogP) is 2.94. The second-order valence-corrected chi connectivity index (χ2v) is 7.33. The van der Waals surface area contributed by atoms with Crippen LogP contribution in [0.25, 0.3) is 0 Å². The molecule has 1 heterocycles. The van der Waals surface area contributed by atoms with Gasteiger partial charge in [-0.05, 0) is 31.2 Å². The molecule has 1 saturated carbocycles. The average Bonchev–Trinajstić information content (AvgIpc) is 1.94. The Morgan fingerprint density at radius 1 is 1.00 bits per heavy atom. The zero-order valence-corrected chi connectivity index (χ0v) is 11.5. The molecule has 2 aliphatic rings. The van der Waals surface area contributed by atoms with Gasteiger partial charge in [0, 0.05) is 25.9 Å². The first-order valence-electron chi connectivity index (χ1n) is 6.34. The van der Waals surface area contributed by atoms with E-state index in [0.717, 1.165) is 0 Å². The maximum atomic E-state index is 5.33. The topological polar surface area (TPSA) is 12.5 Å². The summed E-state index contributed by atoms with van der Waals surface area (Å²) < 4.78 is 5.33. The average molecular weight is 224 g/mol. The van der Waals surface area contributed by atoms with Crippen LogP contribution in [0.2, 0.25) is 0 Å². The highest BCUT2D eigenvalue weighted by molar-refractivity contribution is 5.05. The monoisotopic (exact) mass is 224 g/mol. The number of methoxy groups -OCH3 is 1.